The summed E-state index contributed by atoms with van der Waals surface area (Å²) in [5.41, 5.74) is 1.65. The smallest absolute Gasteiger partial charge is 0.224 e. The van der Waals surface area contributed by atoms with Crippen LogP contribution in [0.2, 0.25) is 0 Å². The van der Waals surface area contributed by atoms with Crippen molar-refractivity contribution in [2.24, 2.45) is 5.92 Å². The topological polar surface area (TPSA) is 70.7 Å². The van der Waals surface area contributed by atoms with Gasteiger partial charge in [0, 0.05) is 38.8 Å². The number of nitrogens with one attached hydrogen (secondary N) is 2. The molecule has 2 amide bonds. The minimum atomic E-state index is -0.107. The van der Waals surface area contributed by atoms with Crippen LogP contribution < -0.4 is 10.6 Å². The van der Waals surface area contributed by atoms with E-state index in [1.165, 1.54) is 6.92 Å². The van der Waals surface area contributed by atoms with Gasteiger partial charge in [-0.2, -0.15) is 0 Å². The molecule has 1 saturated heterocycles. The molecule has 0 radical (unpaired) electrons. The Hall–Kier alpha value is -1.92. The van der Waals surface area contributed by atoms with Crippen molar-refractivity contribution in [3.05, 3.63) is 29.8 Å². The van der Waals surface area contributed by atoms with Crippen LogP contribution in [-0.2, 0) is 20.7 Å². The molecule has 1 fully saturated rings. The highest BCUT2D eigenvalue weighted by Crippen LogP contribution is 2.10. The fraction of sp³-hybridized carbons (Fsp3) is 0.579. The number of rotatable bonds is 7. The summed E-state index contributed by atoms with van der Waals surface area (Å²) >= 11 is 0. The predicted octanol–water partition coefficient (Wildman–Crippen LogP) is 1.66. The normalized spacial score (nSPS) is 18.2. The van der Waals surface area contributed by atoms with Crippen molar-refractivity contribution >= 4 is 17.5 Å². The number of anilines is 1. The van der Waals surface area contributed by atoms with Gasteiger partial charge in [0.2, 0.25) is 11.8 Å². The van der Waals surface area contributed by atoms with Gasteiger partial charge in [0.05, 0.1) is 19.1 Å². The molecule has 1 aliphatic heterocycles. The number of carbonyl (C=O) groups excluding carboxylic acids is 2. The largest absolute Gasteiger partial charge is 0.374 e. The number of amides is 2. The average molecular weight is 347 g/mol. The lowest BCUT2D eigenvalue weighted by Gasteiger charge is -2.33. The van der Waals surface area contributed by atoms with Crippen LogP contribution in [0.15, 0.2) is 24.3 Å². The maximum atomic E-state index is 12.1. The molecule has 0 aromatic heterocycles. The number of ether oxygens (including phenoxy) is 1. The zero-order chi connectivity index (χ0) is 18.2. The first-order chi connectivity index (χ1) is 11.9. The number of benzene rings is 1. The molecule has 1 aromatic rings. The fourth-order valence-corrected chi connectivity index (χ4v) is 2.97. The number of nitrogens with zero attached hydrogens (tertiary/aromatic N) is 1. The second kappa shape index (κ2) is 9.53. The zero-order valence-electron chi connectivity index (χ0n) is 15.4. The standard InChI is InChI=1S/C19H29N3O3/c1-14(2)12-22-8-9-25-18(13-22)11-20-19(24)10-16-4-6-17(7-5-16)21-15(3)23/h4-7,14,18H,8-13H2,1-3H3,(H,20,24)(H,21,23). The van der Waals surface area contributed by atoms with Gasteiger partial charge in [0.25, 0.3) is 0 Å². The van der Waals surface area contributed by atoms with Gasteiger partial charge in [0.1, 0.15) is 0 Å². The van der Waals surface area contributed by atoms with Gasteiger partial charge in [-0.3, -0.25) is 14.5 Å². The lowest BCUT2D eigenvalue weighted by atomic mass is 10.1. The molecule has 0 bridgehead atoms. The first kappa shape index (κ1) is 19.4. The Morgan fingerprint density at radius 1 is 1.28 bits per heavy atom. The SMILES string of the molecule is CC(=O)Nc1ccc(CC(=O)NCC2CN(CC(C)C)CCO2)cc1. The van der Waals surface area contributed by atoms with Crippen LogP contribution in [0, 0.1) is 5.92 Å². The molecule has 6 nitrogen and oxygen atoms in total. The van der Waals surface area contributed by atoms with Crippen molar-refractivity contribution in [1.82, 2.24) is 10.2 Å². The third-order valence-electron chi connectivity index (χ3n) is 4.01. The van der Waals surface area contributed by atoms with Crippen molar-refractivity contribution in [3.8, 4) is 0 Å². The van der Waals surface area contributed by atoms with E-state index in [9.17, 15) is 9.59 Å². The van der Waals surface area contributed by atoms with Crippen LogP contribution in [-0.4, -0.2) is 55.6 Å². The highest BCUT2D eigenvalue weighted by molar-refractivity contribution is 5.88. The summed E-state index contributed by atoms with van der Waals surface area (Å²) in [6.45, 7) is 10.0. The summed E-state index contributed by atoms with van der Waals surface area (Å²) in [5, 5.41) is 5.67. The van der Waals surface area contributed by atoms with E-state index in [1.807, 2.05) is 12.1 Å². The van der Waals surface area contributed by atoms with E-state index >= 15 is 0 Å². The van der Waals surface area contributed by atoms with Gasteiger partial charge in [-0.15, -0.1) is 0 Å². The Labute approximate surface area is 149 Å². The molecule has 138 valence electrons. The number of carbonyl (C=O) groups is 2. The number of morpholine rings is 1. The molecule has 0 spiro atoms. The molecule has 1 heterocycles. The summed E-state index contributed by atoms with van der Waals surface area (Å²) in [6.07, 6.45) is 0.376. The van der Waals surface area contributed by atoms with Gasteiger partial charge < -0.3 is 15.4 Å². The van der Waals surface area contributed by atoms with Crippen molar-refractivity contribution < 1.29 is 14.3 Å². The molecule has 2 rings (SSSR count). The predicted molar refractivity (Wildman–Crippen MR) is 98.5 cm³/mol. The molecule has 1 aromatic carbocycles. The number of hydrogen-bond donors (Lipinski definition) is 2. The maximum Gasteiger partial charge on any atom is 0.224 e. The Morgan fingerprint density at radius 3 is 2.64 bits per heavy atom. The van der Waals surface area contributed by atoms with E-state index in [1.54, 1.807) is 12.1 Å². The third-order valence-corrected chi connectivity index (χ3v) is 4.01. The van der Waals surface area contributed by atoms with Crippen LogP contribution >= 0.6 is 0 Å². The maximum absolute atomic E-state index is 12.1. The summed E-state index contributed by atoms with van der Waals surface area (Å²) in [7, 11) is 0. The molecule has 1 atom stereocenters. The van der Waals surface area contributed by atoms with Gasteiger partial charge in [0.15, 0.2) is 0 Å². The first-order valence-corrected chi connectivity index (χ1v) is 8.89. The highest BCUT2D eigenvalue weighted by atomic mass is 16.5. The van der Waals surface area contributed by atoms with Crippen LogP contribution in [0.25, 0.3) is 0 Å². The lowest BCUT2D eigenvalue weighted by molar-refractivity contribution is -0.121. The minimum Gasteiger partial charge on any atom is -0.374 e. The van der Waals surface area contributed by atoms with E-state index in [4.69, 9.17) is 4.74 Å². The molecule has 2 N–H and O–H groups in total. The van der Waals surface area contributed by atoms with E-state index in [-0.39, 0.29) is 17.9 Å². The van der Waals surface area contributed by atoms with Crippen molar-refractivity contribution in [2.75, 3.05) is 38.1 Å². The number of hydrogen-bond acceptors (Lipinski definition) is 4. The molecule has 6 heteroatoms. The summed E-state index contributed by atoms with van der Waals surface area (Å²) in [6, 6.07) is 7.31. The zero-order valence-corrected chi connectivity index (χ0v) is 15.4. The fourth-order valence-electron chi connectivity index (χ4n) is 2.97. The van der Waals surface area contributed by atoms with Gasteiger partial charge in [-0.25, -0.2) is 0 Å². The molecule has 0 aliphatic carbocycles. The van der Waals surface area contributed by atoms with Crippen LogP contribution in [0.4, 0.5) is 5.69 Å². The summed E-state index contributed by atoms with van der Waals surface area (Å²) < 4.78 is 5.75. The second-order valence-corrected chi connectivity index (χ2v) is 7.01. The quantitative estimate of drug-likeness (QED) is 0.787. The van der Waals surface area contributed by atoms with E-state index in [0.717, 1.165) is 37.5 Å². The summed E-state index contributed by atoms with van der Waals surface area (Å²) in [4.78, 5) is 25.5. The first-order valence-electron chi connectivity index (χ1n) is 8.89. The van der Waals surface area contributed by atoms with Crippen molar-refractivity contribution in [2.45, 2.75) is 33.3 Å². The Kier molecular flexibility index (Phi) is 7.40. The Morgan fingerprint density at radius 2 is 2.00 bits per heavy atom. The van der Waals surface area contributed by atoms with Gasteiger partial charge in [-0.1, -0.05) is 26.0 Å². The van der Waals surface area contributed by atoms with Crippen molar-refractivity contribution in [1.29, 1.82) is 0 Å². The molecule has 1 unspecified atom stereocenters. The van der Waals surface area contributed by atoms with E-state index in [2.05, 4.69) is 29.4 Å². The van der Waals surface area contributed by atoms with E-state index < -0.39 is 0 Å². The molecule has 1 aliphatic rings. The molecule has 25 heavy (non-hydrogen) atoms. The molecular formula is C19H29N3O3. The van der Waals surface area contributed by atoms with E-state index in [0.29, 0.717) is 18.9 Å². The van der Waals surface area contributed by atoms with Gasteiger partial charge in [-0.05, 0) is 23.6 Å². The second-order valence-electron chi connectivity index (χ2n) is 7.01. The minimum absolute atomic E-state index is 0.0168. The van der Waals surface area contributed by atoms with Crippen LogP contribution in [0.5, 0.6) is 0 Å². The average Bonchev–Trinajstić information content (AvgIpc) is 2.54. The lowest BCUT2D eigenvalue weighted by Crippen LogP contribution is -2.48. The highest BCUT2D eigenvalue weighted by Gasteiger charge is 2.21. The van der Waals surface area contributed by atoms with Gasteiger partial charge >= 0.3 is 0 Å². The van der Waals surface area contributed by atoms with Crippen molar-refractivity contribution in [3.63, 3.8) is 0 Å². The Balaban J connectivity index is 1.74. The molecular weight excluding hydrogens is 318 g/mol. The molecule has 0 saturated carbocycles. The third kappa shape index (κ3) is 7.23. The monoisotopic (exact) mass is 347 g/mol. The Bertz CT molecular complexity index is 572. The van der Waals surface area contributed by atoms with Crippen LogP contribution in [0.1, 0.15) is 26.3 Å². The summed E-state index contributed by atoms with van der Waals surface area (Å²) in [5.74, 6) is 0.509. The van der Waals surface area contributed by atoms with Crippen LogP contribution in [0.3, 0.4) is 0 Å².